The summed E-state index contributed by atoms with van der Waals surface area (Å²) in [4.78, 5) is 7.82. The molecule has 0 aliphatic rings. The van der Waals surface area contributed by atoms with E-state index in [0.29, 0.717) is 16.9 Å². The number of sulfonamides is 1. The fourth-order valence-corrected chi connectivity index (χ4v) is 4.53. The Morgan fingerprint density at radius 2 is 2.07 bits per heavy atom. The maximum atomic E-state index is 12.6. The largest absolute Gasteiger partial charge is 0.472 e. The molecule has 0 aliphatic heterocycles. The zero-order chi connectivity index (χ0) is 21.1. The second kappa shape index (κ2) is 8.16. The average molecular weight is 459 g/mol. The molecule has 3 aromatic heterocycles. The maximum absolute atomic E-state index is 12.6. The Hall–Kier alpha value is -3.39. The molecule has 0 spiro atoms. The second-order valence-electron chi connectivity index (χ2n) is 5.83. The Labute approximate surface area is 180 Å². The van der Waals surface area contributed by atoms with Gasteiger partial charge in [-0.1, -0.05) is 11.6 Å². The minimum Gasteiger partial charge on any atom is -0.472 e. The van der Waals surface area contributed by atoms with E-state index in [-0.39, 0.29) is 26.5 Å². The predicted molar refractivity (Wildman–Crippen MR) is 111 cm³/mol. The smallest absolute Gasteiger partial charge is 0.263 e. The van der Waals surface area contributed by atoms with Crippen molar-refractivity contribution >= 4 is 38.1 Å². The molecular formula is C19H11ClN4O4S2. The number of nitrogens with zero attached hydrogens (tertiary/aromatic N) is 3. The molecule has 0 fully saturated rings. The van der Waals surface area contributed by atoms with Gasteiger partial charge in [0, 0.05) is 22.7 Å². The number of anilines is 1. The van der Waals surface area contributed by atoms with Crippen LogP contribution in [0.5, 0.6) is 11.5 Å². The SMILES string of the molecule is N#Cc1cc(S(=O)(=O)Nc2nccs2)ccc1Oc1cnc(Cl)cc1-c1ccoc1. The molecule has 3 heterocycles. The Bertz CT molecular complexity index is 1330. The van der Waals surface area contributed by atoms with E-state index < -0.39 is 10.0 Å². The topological polar surface area (TPSA) is 118 Å². The Morgan fingerprint density at radius 1 is 1.20 bits per heavy atom. The number of pyridine rings is 1. The summed E-state index contributed by atoms with van der Waals surface area (Å²) in [6, 6.07) is 9.26. The molecule has 8 nitrogen and oxygen atoms in total. The summed E-state index contributed by atoms with van der Waals surface area (Å²) < 4.78 is 38.5. The highest BCUT2D eigenvalue weighted by atomic mass is 35.5. The van der Waals surface area contributed by atoms with Gasteiger partial charge in [0.15, 0.2) is 10.9 Å². The zero-order valence-electron chi connectivity index (χ0n) is 14.9. The van der Waals surface area contributed by atoms with Crippen molar-refractivity contribution in [2.45, 2.75) is 4.90 Å². The van der Waals surface area contributed by atoms with Gasteiger partial charge in [-0.05, 0) is 30.3 Å². The van der Waals surface area contributed by atoms with Crippen LogP contribution in [0.25, 0.3) is 11.1 Å². The van der Waals surface area contributed by atoms with Gasteiger partial charge in [0.25, 0.3) is 10.0 Å². The van der Waals surface area contributed by atoms with Gasteiger partial charge in [0.05, 0.1) is 29.2 Å². The summed E-state index contributed by atoms with van der Waals surface area (Å²) >= 11 is 7.14. The number of thiazole rings is 1. The molecule has 150 valence electrons. The lowest BCUT2D eigenvalue weighted by Gasteiger charge is -2.12. The first-order valence-corrected chi connectivity index (χ1v) is 11.0. The third-order valence-corrected chi connectivity index (χ3v) is 6.28. The summed E-state index contributed by atoms with van der Waals surface area (Å²) in [5.74, 6) is 0.494. The van der Waals surface area contributed by atoms with Gasteiger partial charge in [-0.2, -0.15) is 5.26 Å². The first-order chi connectivity index (χ1) is 14.5. The van der Waals surface area contributed by atoms with E-state index in [4.69, 9.17) is 20.8 Å². The molecule has 0 aliphatic carbocycles. The lowest BCUT2D eigenvalue weighted by atomic mass is 10.1. The predicted octanol–water partition coefficient (Wildman–Crippen LogP) is 4.92. The van der Waals surface area contributed by atoms with E-state index in [1.165, 1.54) is 43.1 Å². The van der Waals surface area contributed by atoms with E-state index >= 15 is 0 Å². The molecule has 1 aromatic carbocycles. The van der Waals surface area contributed by atoms with Crippen molar-refractivity contribution in [3.63, 3.8) is 0 Å². The van der Waals surface area contributed by atoms with Crippen LogP contribution in [0.15, 0.2) is 69.9 Å². The number of hydrogen-bond donors (Lipinski definition) is 1. The van der Waals surface area contributed by atoms with Crippen molar-refractivity contribution in [3.05, 3.63) is 71.3 Å². The lowest BCUT2D eigenvalue weighted by Crippen LogP contribution is -2.13. The summed E-state index contributed by atoms with van der Waals surface area (Å²) in [5.41, 5.74) is 1.35. The number of benzene rings is 1. The molecule has 11 heteroatoms. The molecule has 0 saturated heterocycles. The van der Waals surface area contributed by atoms with Crippen molar-refractivity contribution in [2.24, 2.45) is 0 Å². The number of rotatable bonds is 6. The van der Waals surface area contributed by atoms with Gasteiger partial charge in [0.1, 0.15) is 17.0 Å². The summed E-state index contributed by atoms with van der Waals surface area (Å²) in [5, 5.41) is 11.7. The van der Waals surface area contributed by atoms with Gasteiger partial charge < -0.3 is 9.15 Å². The molecule has 0 amide bonds. The highest BCUT2D eigenvalue weighted by molar-refractivity contribution is 7.93. The van der Waals surface area contributed by atoms with E-state index in [2.05, 4.69) is 14.7 Å². The van der Waals surface area contributed by atoms with Crippen LogP contribution in [0.1, 0.15) is 5.56 Å². The van der Waals surface area contributed by atoms with Gasteiger partial charge in [-0.15, -0.1) is 11.3 Å². The molecule has 1 N–H and O–H groups in total. The highest BCUT2D eigenvalue weighted by Crippen LogP contribution is 2.36. The van der Waals surface area contributed by atoms with E-state index in [1.807, 2.05) is 6.07 Å². The number of nitriles is 1. The minimum atomic E-state index is -3.91. The number of nitrogens with one attached hydrogen (secondary N) is 1. The monoisotopic (exact) mass is 458 g/mol. The van der Waals surface area contributed by atoms with Gasteiger partial charge in [0.2, 0.25) is 0 Å². The van der Waals surface area contributed by atoms with Gasteiger partial charge in [-0.3, -0.25) is 4.72 Å². The molecule has 4 rings (SSSR count). The van der Waals surface area contributed by atoms with Gasteiger partial charge in [-0.25, -0.2) is 18.4 Å². The molecule has 30 heavy (non-hydrogen) atoms. The van der Waals surface area contributed by atoms with Crippen molar-refractivity contribution < 1.29 is 17.6 Å². The van der Waals surface area contributed by atoms with Crippen molar-refractivity contribution in [3.8, 4) is 28.7 Å². The van der Waals surface area contributed by atoms with Crippen LogP contribution < -0.4 is 9.46 Å². The molecule has 0 radical (unpaired) electrons. The Kier molecular flexibility index (Phi) is 5.41. The van der Waals surface area contributed by atoms with Crippen molar-refractivity contribution in [2.75, 3.05) is 4.72 Å². The quantitative estimate of drug-likeness (QED) is 0.407. The summed E-state index contributed by atoms with van der Waals surface area (Å²) in [6.45, 7) is 0. The van der Waals surface area contributed by atoms with Crippen LogP contribution in [0.3, 0.4) is 0 Å². The van der Waals surface area contributed by atoms with E-state index in [9.17, 15) is 13.7 Å². The minimum absolute atomic E-state index is 0.0325. The van der Waals surface area contributed by atoms with E-state index in [1.54, 1.807) is 17.5 Å². The van der Waals surface area contributed by atoms with Crippen LogP contribution in [-0.2, 0) is 10.0 Å². The van der Waals surface area contributed by atoms with Crippen LogP contribution in [-0.4, -0.2) is 18.4 Å². The lowest BCUT2D eigenvalue weighted by molar-refractivity contribution is 0.480. The second-order valence-corrected chi connectivity index (χ2v) is 8.79. The normalized spacial score (nSPS) is 11.1. The average Bonchev–Trinajstić information content (AvgIpc) is 3.43. The van der Waals surface area contributed by atoms with Crippen LogP contribution in [0.2, 0.25) is 5.15 Å². The number of hydrogen-bond acceptors (Lipinski definition) is 8. The fourth-order valence-electron chi connectivity index (χ4n) is 2.56. The molecule has 0 atom stereocenters. The van der Waals surface area contributed by atoms with Crippen molar-refractivity contribution in [1.82, 2.24) is 9.97 Å². The zero-order valence-corrected chi connectivity index (χ0v) is 17.3. The number of furan rings is 1. The molecule has 4 aromatic rings. The Morgan fingerprint density at radius 3 is 2.77 bits per heavy atom. The van der Waals surface area contributed by atoms with Crippen LogP contribution in [0.4, 0.5) is 5.13 Å². The van der Waals surface area contributed by atoms with Crippen LogP contribution in [0, 0.1) is 11.3 Å². The highest BCUT2D eigenvalue weighted by Gasteiger charge is 2.19. The number of halogens is 1. The molecule has 0 unspecified atom stereocenters. The summed E-state index contributed by atoms with van der Waals surface area (Å²) in [7, 11) is -3.91. The molecule has 0 bridgehead atoms. The fraction of sp³-hybridized carbons (Fsp3) is 0. The standard InChI is InChI=1S/C19H11ClN4O4S2/c20-18-8-15(12-3-5-27-11-12)17(10-23-18)28-16-2-1-14(7-13(16)9-21)30(25,26)24-19-22-4-6-29-19/h1-8,10-11H,(H,22,24). The molecular weight excluding hydrogens is 448 g/mol. The van der Waals surface area contributed by atoms with Gasteiger partial charge >= 0.3 is 0 Å². The number of ether oxygens (including phenoxy) is 1. The Balaban J connectivity index is 1.68. The maximum Gasteiger partial charge on any atom is 0.263 e. The first-order valence-electron chi connectivity index (χ1n) is 8.29. The summed E-state index contributed by atoms with van der Waals surface area (Å²) in [6.07, 6.45) is 5.92. The first kappa shape index (κ1) is 19.9. The van der Waals surface area contributed by atoms with Crippen LogP contribution >= 0.6 is 22.9 Å². The molecule has 0 saturated carbocycles. The van der Waals surface area contributed by atoms with E-state index in [0.717, 1.165) is 11.3 Å². The third-order valence-electron chi connectivity index (χ3n) is 3.92. The third kappa shape index (κ3) is 4.13. The van der Waals surface area contributed by atoms with Crippen molar-refractivity contribution in [1.29, 1.82) is 5.26 Å². The number of aromatic nitrogens is 2.